The van der Waals surface area contributed by atoms with E-state index in [1.807, 2.05) is 24.3 Å². The Hall–Kier alpha value is -3.07. The lowest BCUT2D eigenvalue weighted by Gasteiger charge is -2.30. The van der Waals surface area contributed by atoms with E-state index in [0.717, 1.165) is 42.3 Å². The molecule has 0 aliphatic carbocycles. The number of nitrogens with one attached hydrogen (secondary N) is 2. The van der Waals surface area contributed by atoms with Gasteiger partial charge in [0.1, 0.15) is 12.1 Å². The number of carboxylic acid groups (broad SMARTS) is 1. The van der Waals surface area contributed by atoms with E-state index in [-0.39, 0.29) is 6.79 Å². The molecule has 2 aliphatic rings. The molecular weight excluding hydrogens is 362 g/mol. The highest BCUT2D eigenvalue weighted by atomic mass is 16.7. The summed E-state index contributed by atoms with van der Waals surface area (Å²) >= 11 is 0. The van der Waals surface area contributed by atoms with Crippen molar-refractivity contribution in [2.75, 3.05) is 31.7 Å². The molecule has 0 bridgehead atoms. The van der Waals surface area contributed by atoms with Crippen LogP contribution in [0.5, 0.6) is 11.5 Å². The zero-order valence-corrected chi connectivity index (χ0v) is 15.4. The van der Waals surface area contributed by atoms with E-state index >= 15 is 0 Å². The first-order chi connectivity index (χ1) is 13.7. The molecule has 0 unspecified atom stereocenters. The van der Waals surface area contributed by atoms with E-state index in [4.69, 9.17) is 14.6 Å². The Labute approximate surface area is 162 Å². The topological polar surface area (TPSA) is 109 Å². The smallest absolute Gasteiger partial charge is 0.407 e. The summed E-state index contributed by atoms with van der Waals surface area (Å²) in [6.07, 6.45) is 2.49. The Bertz CT molecular complexity index is 839. The number of likely N-dealkylation sites (tertiary alicyclic amines) is 1. The molecule has 0 radical (unpaired) electrons. The standard InChI is InChI=1S/C19H23N5O4/c25-19(26)24-5-3-13(4-6-24)9-20-10-15-8-18(22-11-21-15)23-14-1-2-16-17(7-14)28-12-27-16/h1-2,7-8,11,13,20H,3-6,9-10,12H2,(H,25,26)(H,21,22,23). The van der Waals surface area contributed by atoms with Gasteiger partial charge in [0.05, 0.1) is 5.69 Å². The van der Waals surface area contributed by atoms with Crippen LogP contribution in [0.4, 0.5) is 16.3 Å². The van der Waals surface area contributed by atoms with Crippen LogP contribution < -0.4 is 20.1 Å². The number of anilines is 2. The molecule has 9 heteroatoms. The van der Waals surface area contributed by atoms with Gasteiger partial charge >= 0.3 is 6.09 Å². The summed E-state index contributed by atoms with van der Waals surface area (Å²) < 4.78 is 10.7. The summed E-state index contributed by atoms with van der Waals surface area (Å²) in [6, 6.07) is 7.57. The molecule has 9 nitrogen and oxygen atoms in total. The number of ether oxygens (including phenoxy) is 2. The van der Waals surface area contributed by atoms with Gasteiger partial charge in [0.25, 0.3) is 0 Å². The van der Waals surface area contributed by atoms with Gasteiger partial charge in [-0.1, -0.05) is 0 Å². The molecule has 28 heavy (non-hydrogen) atoms. The van der Waals surface area contributed by atoms with E-state index in [9.17, 15) is 4.79 Å². The van der Waals surface area contributed by atoms with Crippen LogP contribution in [-0.2, 0) is 6.54 Å². The van der Waals surface area contributed by atoms with Gasteiger partial charge in [-0.3, -0.25) is 0 Å². The third kappa shape index (κ3) is 4.42. The first-order valence-corrected chi connectivity index (χ1v) is 9.33. The van der Waals surface area contributed by atoms with Crippen molar-refractivity contribution in [3.63, 3.8) is 0 Å². The number of fused-ring (bicyclic) bond motifs is 1. The lowest BCUT2D eigenvalue weighted by atomic mass is 9.97. The van der Waals surface area contributed by atoms with Crippen LogP contribution in [0.3, 0.4) is 0 Å². The van der Waals surface area contributed by atoms with Crippen molar-refractivity contribution in [2.24, 2.45) is 5.92 Å². The predicted octanol–water partition coefficient (Wildman–Crippen LogP) is 2.43. The molecule has 1 fully saturated rings. The Morgan fingerprint density at radius 1 is 1.18 bits per heavy atom. The number of carbonyl (C=O) groups is 1. The molecular formula is C19H23N5O4. The van der Waals surface area contributed by atoms with Crippen LogP contribution in [0.1, 0.15) is 18.5 Å². The predicted molar refractivity (Wildman–Crippen MR) is 102 cm³/mol. The quantitative estimate of drug-likeness (QED) is 0.696. The summed E-state index contributed by atoms with van der Waals surface area (Å²) in [5, 5.41) is 15.7. The van der Waals surface area contributed by atoms with Gasteiger partial charge in [0, 0.05) is 37.5 Å². The third-order valence-corrected chi connectivity index (χ3v) is 4.99. The van der Waals surface area contributed by atoms with Crippen LogP contribution in [0.2, 0.25) is 0 Å². The van der Waals surface area contributed by atoms with Crippen LogP contribution in [0.25, 0.3) is 0 Å². The van der Waals surface area contributed by atoms with Crippen molar-refractivity contribution in [1.82, 2.24) is 20.2 Å². The van der Waals surface area contributed by atoms with E-state index in [2.05, 4.69) is 20.6 Å². The number of amides is 1. The fourth-order valence-electron chi connectivity index (χ4n) is 3.42. The normalized spacial score (nSPS) is 16.2. The molecule has 1 saturated heterocycles. The minimum absolute atomic E-state index is 0.247. The number of rotatable bonds is 6. The number of benzene rings is 1. The van der Waals surface area contributed by atoms with Gasteiger partial charge in [-0.2, -0.15) is 0 Å². The highest BCUT2D eigenvalue weighted by molar-refractivity contribution is 5.65. The zero-order chi connectivity index (χ0) is 19.3. The maximum absolute atomic E-state index is 11.0. The lowest BCUT2D eigenvalue weighted by molar-refractivity contribution is 0.124. The second-order valence-electron chi connectivity index (χ2n) is 6.93. The summed E-state index contributed by atoms with van der Waals surface area (Å²) in [5.74, 6) is 2.66. The molecule has 2 aliphatic heterocycles. The highest BCUT2D eigenvalue weighted by Gasteiger charge is 2.21. The largest absolute Gasteiger partial charge is 0.465 e. The average Bonchev–Trinajstić information content (AvgIpc) is 3.16. The van der Waals surface area contributed by atoms with E-state index < -0.39 is 6.09 Å². The molecule has 3 N–H and O–H groups in total. The first-order valence-electron chi connectivity index (χ1n) is 9.33. The monoisotopic (exact) mass is 385 g/mol. The fraction of sp³-hybridized carbons (Fsp3) is 0.421. The zero-order valence-electron chi connectivity index (χ0n) is 15.4. The molecule has 0 saturated carbocycles. The number of nitrogens with zero attached hydrogens (tertiary/aromatic N) is 3. The highest BCUT2D eigenvalue weighted by Crippen LogP contribution is 2.34. The summed E-state index contributed by atoms with van der Waals surface area (Å²) in [5.41, 5.74) is 1.76. The Balaban J connectivity index is 1.27. The maximum atomic E-state index is 11.0. The minimum Gasteiger partial charge on any atom is -0.465 e. The van der Waals surface area contributed by atoms with Gasteiger partial charge < -0.3 is 30.1 Å². The van der Waals surface area contributed by atoms with Crippen LogP contribution in [-0.4, -0.2) is 52.5 Å². The average molecular weight is 385 g/mol. The summed E-state index contributed by atoms with van der Waals surface area (Å²) in [4.78, 5) is 21.0. The van der Waals surface area contributed by atoms with E-state index in [0.29, 0.717) is 31.4 Å². The first kappa shape index (κ1) is 18.3. The molecule has 1 amide bonds. The van der Waals surface area contributed by atoms with Crippen molar-refractivity contribution in [1.29, 1.82) is 0 Å². The summed E-state index contributed by atoms with van der Waals surface area (Å²) in [6.45, 7) is 2.95. The van der Waals surface area contributed by atoms with E-state index in [1.165, 1.54) is 11.2 Å². The van der Waals surface area contributed by atoms with Gasteiger partial charge in [-0.05, 0) is 37.4 Å². The van der Waals surface area contributed by atoms with Crippen LogP contribution in [0, 0.1) is 5.92 Å². The van der Waals surface area contributed by atoms with Gasteiger partial charge in [0.15, 0.2) is 11.5 Å². The third-order valence-electron chi connectivity index (χ3n) is 4.99. The van der Waals surface area contributed by atoms with Crippen molar-refractivity contribution < 1.29 is 19.4 Å². The summed E-state index contributed by atoms with van der Waals surface area (Å²) in [7, 11) is 0. The number of aromatic nitrogens is 2. The molecule has 148 valence electrons. The van der Waals surface area contributed by atoms with E-state index in [1.54, 1.807) is 0 Å². The van der Waals surface area contributed by atoms with Crippen molar-refractivity contribution >= 4 is 17.6 Å². The number of hydrogen-bond donors (Lipinski definition) is 3. The maximum Gasteiger partial charge on any atom is 0.407 e. The fourth-order valence-corrected chi connectivity index (χ4v) is 3.42. The molecule has 1 aromatic heterocycles. The SMILES string of the molecule is O=C(O)N1CCC(CNCc2cc(Nc3ccc4c(c3)OCO4)ncn2)CC1. The Morgan fingerprint density at radius 3 is 2.82 bits per heavy atom. The second-order valence-corrected chi connectivity index (χ2v) is 6.93. The van der Waals surface area contributed by atoms with Gasteiger partial charge in [0.2, 0.25) is 6.79 Å². The van der Waals surface area contributed by atoms with Crippen molar-refractivity contribution in [3.8, 4) is 11.5 Å². The lowest BCUT2D eigenvalue weighted by Crippen LogP contribution is -2.39. The minimum atomic E-state index is -0.824. The second kappa shape index (κ2) is 8.30. The molecule has 2 aromatic rings. The molecule has 4 rings (SSSR count). The van der Waals surface area contributed by atoms with Gasteiger partial charge in [-0.15, -0.1) is 0 Å². The van der Waals surface area contributed by atoms with Gasteiger partial charge in [-0.25, -0.2) is 14.8 Å². The molecule has 3 heterocycles. The molecule has 0 spiro atoms. The van der Waals surface area contributed by atoms with Crippen molar-refractivity contribution in [2.45, 2.75) is 19.4 Å². The molecule has 0 atom stereocenters. The number of piperidine rings is 1. The van der Waals surface area contributed by atoms with Crippen LogP contribution in [0.15, 0.2) is 30.6 Å². The molecule has 1 aromatic carbocycles. The Morgan fingerprint density at radius 2 is 2.00 bits per heavy atom. The Kier molecular flexibility index (Phi) is 5.43. The number of hydrogen-bond acceptors (Lipinski definition) is 7. The van der Waals surface area contributed by atoms with Crippen molar-refractivity contribution in [3.05, 3.63) is 36.3 Å². The van der Waals surface area contributed by atoms with Crippen LogP contribution >= 0.6 is 0 Å².